The fraction of sp³-hybridized carbons (Fsp3) is 0.357. The number of aromatic nitrogens is 2. The van der Waals surface area contributed by atoms with Crippen molar-refractivity contribution in [3.05, 3.63) is 112 Å². The van der Waals surface area contributed by atoms with Gasteiger partial charge in [-0.2, -0.15) is 0 Å². The van der Waals surface area contributed by atoms with Gasteiger partial charge in [0.05, 0.1) is 49.5 Å². The van der Waals surface area contributed by atoms with Crippen molar-refractivity contribution in [1.82, 2.24) is 9.97 Å². The van der Waals surface area contributed by atoms with Crippen LogP contribution in [0, 0.1) is 5.82 Å². The van der Waals surface area contributed by atoms with Gasteiger partial charge in [-0.15, -0.1) is 0 Å². The van der Waals surface area contributed by atoms with E-state index in [0.29, 0.717) is 44.4 Å². The number of ketones is 1. The maximum absolute atomic E-state index is 13.8. The van der Waals surface area contributed by atoms with E-state index in [1.807, 2.05) is 13.8 Å². The van der Waals surface area contributed by atoms with Gasteiger partial charge in [0.15, 0.2) is 11.4 Å². The highest BCUT2D eigenvalue weighted by atomic mass is 35.5. The first-order valence-corrected chi connectivity index (χ1v) is 20.6. The molecule has 310 valence electrons. The van der Waals surface area contributed by atoms with Gasteiger partial charge in [-0.1, -0.05) is 37.6 Å². The minimum Gasteiger partial charge on any atom is -0.476 e. The van der Waals surface area contributed by atoms with Crippen molar-refractivity contribution in [1.29, 1.82) is 0 Å². The molecule has 2 unspecified atom stereocenters. The van der Waals surface area contributed by atoms with Crippen molar-refractivity contribution >= 4 is 51.4 Å². The molecule has 0 aliphatic rings. The van der Waals surface area contributed by atoms with E-state index >= 15 is 0 Å². The molecule has 58 heavy (non-hydrogen) atoms. The lowest BCUT2D eigenvalue weighted by Gasteiger charge is -2.24. The summed E-state index contributed by atoms with van der Waals surface area (Å²) < 4.78 is 55.6. The topological polar surface area (TPSA) is 183 Å². The van der Waals surface area contributed by atoms with Gasteiger partial charge in [0.1, 0.15) is 11.6 Å². The molecule has 1 heterocycles. The first-order chi connectivity index (χ1) is 27.2. The Bertz CT molecular complexity index is 2200. The van der Waals surface area contributed by atoms with E-state index < -0.39 is 52.0 Å². The molecule has 4 aromatic rings. The van der Waals surface area contributed by atoms with Gasteiger partial charge in [-0.3, -0.25) is 9.59 Å². The van der Waals surface area contributed by atoms with Crippen LogP contribution < -0.4 is 9.04 Å². The van der Waals surface area contributed by atoms with Crippen LogP contribution >= 0.6 is 11.6 Å². The van der Waals surface area contributed by atoms with Gasteiger partial charge < -0.3 is 24.4 Å². The van der Waals surface area contributed by atoms with Crippen LogP contribution in [0.4, 0.5) is 10.3 Å². The van der Waals surface area contributed by atoms with Crippen LogP contribution in [0.3, 0.4) is 0 Å². The number of hydrogen-bond donors (Lipinski definition) is 2. The molecule has 0 fully saturated rings. The number of nitrogens with zero attached hydrogens (tertiary/aromatic N) is 3. The molecule has 2 atom stereocenters. The highest BCUT2D eigenvalue weighted by Crippen LogP contribution is 2.32. The number of anilines is 1. The zero-order valence-corrected chi connectivity index (χ0v) is 34.6. The smallest absolute Gasteiger partial charge is 0.349 e. The fourth-order valence-corrected chi connectivity index (χ4v) is 5.96. The normalized spacial score (nSPS) is 12.9. The lowest BCUT2D eigenvalue weighted by Crippen LogP contribution is -2.40. The number of aliphatic hydroxyl groups excluding tert-OH is 2. The molecule has 13 nitrogen and oxygen atoms in total. The molecule has 0 bridgehead atoms. The van der Waals surface area contributed by atoms with E-state index in [1.165, 1.54) is 51.2 Å². The predicted octanol–water partition coefficient (Wildman–Crippen LogP) is 6.54. The molecule has 1 aromatic heterocycles. The number of esters is 2. The Kier molecular flexibility index (Phi) is 15.7. The maximum atomic E-state index is 13.8. The molecule has 0 saturated carbocycles. The lowest BCUT2D eigenvalue weighted by atomic mass is 9.97. The molecule has 16 heteroatoms. The number of hydrogen-bond acceptors (Lipinski definition) is 12. The number of rotatable bonds is 19. The summed E-state index contributed by atoms with van der Waals surface area (Å²) in [6.07, 6.45) is 1.00. The SMILES string of the molecule is CC(C)c1nc(N(C)S(C)(=O)=O)nc(-c2ccc(F)cc2)c1/C=C/C(O)CC(O)CC(=O)OCCCOC(=O)C(C)(C)Oc1ccc(C(=O)c2ccc(Cl)cc2)cc1. The monoisotopic (exact) mass is 839 g/mol. The zero-order chi connectivity index (χ0) is 42.8. The average Bonchev–Trinajstić information content (AvgIpc) is 3.16. The summed E-state index contributed by atoms with van der Waals surface area (Å²) in [6.45, 7) is 6.59. The van der Waals surface area contributed by atoms with Gasteiger partial charge in [-0.05, 0) is 92.6 Å². The van der Waals surface area contributed by atoms with E-state index in [9.17, 15) is 37.4 Å². The predicted molar refractivity (Wildman–Crippen MR) is 218 cm³/mol. The number of ether oxygens (including phenoxy) is 3. The first-order valence-electron chi connectivity index (χ1n) is 18.3. The summed E-state index contributed by atoms with van der Waals surface area (Å²) >= 11 is 5.90. The number of carbonyl (C=O) groups is 3. The fourth-order valence-electron chi connectivity index (χ4n) is 5.46. The van der Waals surface area contributed by atoms with Gasteiger partial charge >= 0.3 is 11.9 Å². The lowest BCUT2D eigenvalue weighted by molar-refractivity contribution is -0.160. The van der Waals surface area contributed by atoms with E-state index in [0.717, 1.165) is 10.6 Å². The highest BCUT2D eigenvalue weighted by molar-refractivity contribution is 7.92. The minimum absolute atomic E-state index is 0.0764. The molecule has 4 rings (SSSR count). The van der Waals surface area contributed by atoms with Gasteiger partial charge in [-0.25, -0.2) is 31.9 Å². The Morgan fingerprint density at radius 2 is 1.50 bits per heavy atom. The number of carbonyl (C=O) groups excluding carboxylic acids is 3. The Balaban J connectivity index is 1.26. The Morgan fingerprint density at radius 3 is 2.09 bits per heavy atom. The molecule has 0 spiro atoms. The van der Waals surface area contributed by atoms with Crippen LogP contribution in [-0.2, 0) is 29.1 Å². The second-order valence-electron chi connectivity index (χ2n) is 14.3. The van der Waals surface area contributed by atoms with Gasteiger partial charge in [0, 0.05) is 47.2 Å². The first kappa shape index (κ1) is 45.5. The van der Waals surface area contributed by atoms with E-state index in [2.05, 4.69) is 9.97 Å². The Labute approximate surface area is 342 Å². The number of halogens is 2. The molecular weight excluding hydrogens is 793 g/mol. The van der Waals surface area contributed by atoms with E-state index in [-0.39, 0.29) is 43.7 Å². The third-order valence-corrected chi connectivity index (χ3v) is 10.1. The average molecular weight is 840 g/mol. The Hall–Kier alpha value is -5.22. The summed E-state index contributed by atoms with van der Waals surface area (Å²) in [4.78, 5) is 46.9. The molecule has 0 aliphatic carbocycles. The maximum Gasteiger partial charge on any atom is 0.349 e. The largest absolute Gasteiger partial charge is 0.476 e. The molecule has 3 aromatic carbocycles. The molecule has 0 amide bonds. The summed E-state index contributed by atoms with van der Waals surface area (Å²) in [5.41, 5.74) is 1.23. The third-order valence-electron chi connectivity index (χ3n) is 8.68. The zero-order valence-electron chi connectivity index (χ0n) is 33.0. The molecule has 2 N–H and O–H groups in total. The minimum atomic E-state index is -3.71. The standard InChI is InChI=1S/C42H47ClFN3O10S/c1-26(2)37-35(38(27-10-16-31(44)17-11-27)46-41(45-37)47(5)58(6,53)54)21-18-32(48)24-33(49)25-36(50)55-22-7-23-56-40(52)42(3,4)57-34-19-12-29(13-20-34)39(51)28-8-14-30(43)15-9-28/h8-21,26,32-33,48-49H,7,22-25H2,1-6H3/b21-18+. The van der Waals surface area contributed by atoms with Crippen LogP contribution in [0.2, 0.25) is 5.02 Å². The van der Waals surface area contributed by atoms with Gasteiger partial charge in [0.25, 0.3) is 0 Å². The van der Waals surface area contributed by atoms with Crippen LogP contribution in [0.25, 0.3) is 17.3 Å². The van der Waals surface area contributed by atoms with Crippen molar-refractivity contribution in [2.24, 2.45) is 0 Å². The van der Waals surface area contributed by atoms with Crippen molar-refractivity contribution in [3.63, 3.8) is 0 Å². The number of benzene rings is 3. The summed E-state index contributed by atoms with van der Waals surface area (Å²) in [5.74, 6) is -2.02. The van der Waals surface area contributed by atoms with Crippen LogP contribution in [0.1, 0.15) is 80.1 Å². The second kappa shape index (κ2) is 20.0. The number of sulfonamides is 1. The summed E-state index contributed by atoms with van der Waals surface area (Å²) in [7, 11) is -2.39. The van der Waals surface area contributed by atoms with Crippen LogP contribution in [0.15, 0.2) is 78.9 Å². The molecular formula is C42H47ClFN3O10S. The second-order valence-corrected chi connectivity index (χ2v) is 16.7. The van der Waals surface area contributed by atoms with E-state index in [1.54, 1.807) is 54.6 Å². The van der Waals surface area contributed by atoms with Crippen LogP contribution in [0.5, 0.6) is 5.75 Å². The van der Waals surface area contributed by atoms with Gasteiger partial charge in [0.2, 0.25) is 16.0 Å². The van der Waals surface area contributed by atoms with Crippen molar-refractivity contribution in [2.45, 2.75) is 70.7 Å². The third kappa shape index (κ3) is 12.9. The van der Waals surface area contributed by atoms with Crippen molar-refractivity contribution in [2.75, 3.05) is 30.8 Å². The quantitative estimate of drug-likeness (QED) is 0.0592. The summed E-state index contributed by atoms with van der Waals surface area (Å²) in [5, 5.41) is 21.8. The summed E-state index contributed by atoms with van der Waals surface area (Å²) in [6, 6.07) is 18.3. The highest BCUT2D eigenvalue weighted by Gasteiger charge is 2.32. The van der Waals surface area contributed by atoms with Crippen LogP contribution in [-0.4, -0.2) is 90.6 Å². The van der Waals surface area contributed by atoms with E-state index in [4.69, 9.17) is 25.8 Å². The molecule has 0 saturated heterocycles. The molecule has 0 aliphatic heterocycles. The van der Waals surface area contributed by atoms with Crippen molar-refractivity contribution < 1.29 is 51.6 Å². The van der Waals surface area contributed by atoms with Crippen molar-refractivity contribution in [3.8, 4) is 17.0 Å². The Morgan fingerprint density at radius 1 is 0.914 bits per heavy atom. The number of aliphatic hydroxyl groups is 2. The molecule has 0 radical (unpaired) electrons.